The molecule has 3 aromatic rings. The van der Waals surface area contributed by atoms with Crippen molar-refractivity contribution in [3.05, 3.63) is 71.3 Å². The zero-order chi connectivity index (χ0) is 23.5. The molecule has 4 rings (SSSR count). The second-order valence-corrected chi connectivity index (χ2v) is 8.49. The maximum absolute atomic E-state index is 12.0. The number of benzene rings is 1. The number of carbonyl (C=O) groups is 1. The molecule has 33 heavy (non-hydrogen) atoms. The van der Waals surface area contributed by atoms with Crippen LogP contribution in [-0.4, -0.2) is 27.0 Å². The Balaban J connectivity index is 0.000000374. The van der Waals surface area contributed by atoms with Crippen LogP contribution in [0.4, 0.5) is 5.82 Å². The standard InChI is InChI=1S/C18H15ClN6O.C7H14/c19-18-23-15(9-16(24-18)25-7-1-2-8-25)21-12-17(26)22-11-14-5-3-13(10-20)4-6-14;1-7-5-3-2-4-6-7/h1-9H,11-12H2,(H,22,26)(H,21,23,24);7H,2-6H2,1H3. The summed E-state index contributed by atoms with van der Waals surface area (Å²) in [7, 11) is 0. The van der Waals surface area contributed by atoms with Gasteiger partial charge in [-0.05, 0) is 47.3 Å². The normalized spacial score (nSPS) is 13.4. The van der Waals surface area contributed by atoms with E-state index in [0.29, 0.717) is 23.7 Å². The zero-order valence-electron chi connectivity index (χ0n) is 18.8. The predicted octanol–water partition coefficient (Wildman–Crippen LogP) is 5.11. The van der Waals surface area contributed by atoms with E-state index in [0.717, 1.165) is 11.5 Å². The third kappa shape index (κ3) is 8.24. The largest absolute Gasteiger partial charge is 0.361 e. The van der Waals surface area contributed by atoms with Crippen LogP contribution in [0.2, 0.25) is 5.28 Å². The first-order chi connectivity index (χ1) is 16.0. The Bertz CT molecular complexity index is 1050. The summed E-state index contributed by atoms with van der Waals surface area (Å²) in [5.41, 5.74) is 1.50. The molecule has 2 heterocycles. The summed E-state index contributed by atoms with van der Waals surface area (Å²) >= 11 is 5.95. The van der Waals surface area contributed by atoms with Gasteiger partial charge in [-0.1, -0.05) is 51.2 Å². The Morgan fingerprint density at radius 3 is 2.45 bits per heavy atom. The van der Waals surface area contributed by atoms with Crippen molar-refractivity contribution in [2.75, 3.05) is 11.9 Å². The number of nitrogens with one attached hydrogen (secondary N) is 2. The molecule has 1 aromatic carbocycles. The van der Waals surface area contributed by atoms with Gasteiger partial charge in [-0.3, -0.25) is 4.79 Å². The van der Waals surface area contributed by atoms with Crippen LogP contribution in [0, 0.1) is 17.2 Å². The molecule has 1 amide bonds. The smallest absolute Gasteiger partial charge is 0.239 e. The van der Waals surface area contributed by atoms with Gasteiger partial charge in [-0.2, -0.15) is 10.2 Å². The van der Waals surface area contributed by atoms with E-state index >= 15 is 0 Å². The highest BCUT2D eigenvalue weighted by Crippen LogP contribution is 2.22. The number of nitrogens with zero attached hydrogens (tertiary/aromatic N) is 4. The lowest BCUT2D eigenvalue weighted by Gasteiger charge is -2.15. The predicted molar refractivity (Wildman–Crippen MR) is 130 cm³/mol. The number of amides is 1. The second-order valence-electron chi connectivity index (χ2n) is 8.15. The lowest BCUT2D eigenvalue weighted by Crippen LogP contribution is -2.29. The highest BCUT2D eigenvalue weighted by molar-refractivity contribution is 6.28. The summed E-state index contributed by atoms with van der Waals surface area (Å²) in [5, 5.41) is 14.6. The third-order valence-corrected chi connectivity index (χ3v) is 5.62. The van der Waals surface area contributed by atoms with Crippen LogP contribution in [0.1, 0.15) is 50.2 Å². The van der Waals surface area contributed by atoms with Crippen LogP contribution in [0.25, 0.3) is 5.82 Å². The van der Waals surface area contributed by atoms with Crippen molar-refractivity contribution < 1.29 is 4.79 Å². The molecule has 2 N–H and O–H groups in total. The van der Waals surface area contributed by atoms with Crippen molar-refractivity contribution in [1.29, 1.82) is 5.26 Å². The van der Waals surface area contributed by atoms with E-state index in [1.807, 2.05) is 24.5 Å². The molecule has 2 aromatic heterocycles. The van der Waals surface area contributed by atoms with Crippen LogP contribution in [-0.2, 0) is 11.3 Å². The topological polar surface area (TPSA) is 95.6 Å². The van der Waals surface area contributed by atoms with Gasteiger partial charge in [0, 0.05) is 25.0 Å². The lowest BCUT2D eigenvalue weighted by molar-refractivity contribution is -0.119. The molecule has 0 atom stereocenters. The molecule has 0 saturated heterocycles. The number of aromatic nitrogens is 3. The van der Waals surface area contributed by atoms with Crippen molar-refractivity contribution in [1.82, 2.24) is 19.9 Å². The molecule has 0 unspecified atom stereocenters. The zero-order valence-corrected chi connectivity index (χ0v) is 19.6. The van der Waals surface area contributed by atoms with Gasteiger partial charge >= 0.3 is 0 Å². The Hall–Kier alpha value is -3.37. The Kier molecular flexibility index (Phi) is 9.28. The van der Waals surface area contributed by atoms with E-state index in [2.05, 4.69) is 33.6 Å². The van der Waals surface area contributed by atoms with Gasteiger partial charge in [0.1, 0.15) is 11.6 Å². The quantitative estimate of drug-likeness (QED) is 0.494. The number of nitriles is 1. The number of hydrogen-bond acceptors (Lipinski definition) is 5. The minimum absolute atomic E-state index is 0.0503. The molecular weight excluding hydrogens is 436 g/mol. The summed E-state index contributed by atoms with van der Waals surface area (Å²) < 4.78 is 1.80. The first-order valence-corrected chi connectivity index (χ1v) is 11.6. The second kappa shape index (κ2) is 12.6. The van der Waals surface area contributed by atoms with E-state index in [1.165, 1.54) is 32.1 Å². The summed E-state index contributed by atoms with van der Waals surface area (Å²) in [4.78, 5) is 20.2. The molecule has 0 spiro atoms. The van der Waals surface area contributed by atoms with E-state index in [4.69, 9.17) is 16.9 Å². The van der Waals surface area contributed by atoms with Crippen molar-refractivity contribution in [2.45, 2.75) is 45.6 Å². The fourth-order valence-electron chi connectivity index (χ4n) is 3.55. The Morgan fingerprint density at radius 2 is 1.85 bits per heavy atom. The number of anilines is 1. The minimum Gasteiger partial charge on any atom is -0.361 e. The summed E-state index contributed by atoms with van der Waals surface area (Å²) in [6, 6.07) is 14.6. The number of hydrogen-bond donors (Lipinski definition) is 2. The third-order valence-electron chi connectivity index (χ3n) is 5.45. The van der Waals surface area contributed by atoms with Gasteiger partial charge in [0.2, 0.25) is 11.2 Å². The molecule has 0 aliphatic heterocycles. The average Bonchev–Trinajstić information content (AvgIpc) is 3.38. The highest BCUT2D eigenvalue weighted by atomic mass is 35.5. The van der Waals surface area contributed by atoms with Gasteiger partial charge in [0.15, 0.2) is 0 Å². The van der Waals surface area contributed by atoms with Gasteiger partial charge in [-0.15, -0.1) is 0 Å². The highest BCUT2D eigenvalue weighted by Gasteiger charge is 2.07. The van der Waals surface area contributed by atoms with E-state index in [-0.39, 0.29) is 17.7 Å². The van der Waals surface area contributed by atoms with Gasteiger partial charge < -0.3 is 15.2 Å². The van der Waals surface area contributed by atoms with Crippen molar-refractivity contribution in [3.8, 4) is 11.9 Å². The Morgan fingerprint density at radius 1 is 1.15 bits per heavy atom. The molecule has 0 bridgehead atoms. The van der Waals surface area contributed by atoms with E-state index in [1.54, 1.807) is 34.9 Å². The van der Waals surface area contributed by atoms with Gasteiger partial charge in [-0.25, -0.2) is 4.98 Å². The average molecular weight is 465 g/mol. The molecule has 1 aliphatic carbocycles. The molecule has 7 nitrogen and oxygen atoms in total. The van der Waals surface area contributed by atoms with Crippen molar-refractivity contribution in [2.24, 2.45) is 5.92 Å². The van der Waals surface area contributed by atoms with Crippen LogP contribution in [0.15, 0.2) is 54.9 Å². The molecule has 1 aliphatic rings. The van der Waals surface area contributed by atoms with Crippen LogP contribution in [0.3, 0.4) is 0 Å². The van der Waals surface area contributed by atoms with Crippen LogP contribution in [0.5, 0.6) is 0 Å². The van der Waals surface area contributed by atoms with Crippen LogP contribution >= 0.6 is 11.6 Å². The fourth-order valence-corrected chi connectivity index (χ4v) is 3.73. The molecule has 1 fully saturated rings. The first-order valence-electron chi connectivity index (χ1n) is 11.2. The van der Waals surface area contributed by atoms with Crippen LogP contribution < -0.4 is 10.6 Å². The Labute approximate surface area is 199 Å². The molecular formula is C25H29ClN6O. The summed E-state index contributed by atoms with van der Waals surface area (Å²) in [6.45, 7) is 2.79. The molecule has 1 saturated carbocycles. The first kappa shape index (κ1) is 24.3. The van der Waals surface area contributed by atoms with Gasteiger partial charge in [0.05, 0.1) is 18.2 Å². The fraction of sp³-hybridized carbons (Fsp3) is 0.360. The maximum atomic E-state index is 12.0. The summed E-state index contributed by atoms with van der Waals surface area (Å²) in [6.07, 6.45) is 11.1. The number of halogens is 1. The maximum Gasteiger partial charge on any atom is 0.239 e. The number of carbonyl (C=O) groups excluding carboxylic acids is 1. The minimum atomic E-state index is -0.188. The number of rotatable bonds is 6. The van der Waals surface area contributed by atoms with Gasteiger partial charge in [0.25, 0.3) is 0 Å². The van der Waals surface area contributed by atoms with E-state index in [9.17, 15) is 4.79 Å². The SMILES string of the molecule is CC1CCCCC1.N#Cc1ccc(CNC(=O)CNc2cc(-n3cccc3)nc(Cl)n2)cc1. The molecule has 172 valence electrons. The lowest BCUT2D eigenvalue weighted by atomic mass is 9.91. The monoisotopic (exact) mass is 464 g/mol. The van der Waals surface area contributed by atoms with Crippen molar-refractivity contribution in [3.63, 3.8) is 0 Å². The summed E-state index contributed by atoms with van der Waals surface area (Å²) in [5.74, 6) is 1.91. The molecule has 8 heteroatoms. The van der Waals surface area contributed by atoms with E-state index < -0.39 is 0 Å². The van der Waals surface area contributed by atoms with Crippen molar-refractivity contribution >= 4 is 23.3 Å². The molecule has 0 radical (unpaired) electrons.